The van der Waals surface area contributed by atoms with Crippen molar-refractivity contribution in [3.8, 4) is 0 Å². The number of hydrogen-bond donors (Lipinski definition) is 0. The molecule has 0 aliphatic heterocycles. The van der Waals surface area contributed by atoms with Crippen LogP contribution in [0.3, 0.4) is 0 Å². The summed E-state index contributed by atoms with van der Waals surface area (Å²) >= 11 is -11.1. The molecule has 0 rings (SSSR count). The first-order valence-electron chi connectivity index (χ1n) is 1.01. The van der Waals surface area contributed by atoms with Crippen molar-refractivity contribution in [2.45, 2.75) is 0 Å². The van der Waals surface area contributed by atoms with Crippen molar-refractivity contribution in [2.75, 3.05) is 0 Å². The topological polar surface area (TPSA) is 0 Å². The van der Waals surface area contributed by atoms with Crippen molar-refractivity contribution in [2.24, 2.45) is 0 Å². The molecule has 1 radical (unpaired) electrons. The van der Waals surface area contributed by atoms with Crippen LogP contribution in [0.15, 0.2) is 0 Å². The summed E-state index contributed by atoms with van der Waals surface area (Å²) in [5, 5.41) is 0. The summed E-state index contributed by atoms with van der Waals surface area (Å²) in [4.78, 5) is 0. The van der Waals surface area contributed by atoms with Crippen LogP contribution in [0, 0.1) is 0 Å². The first kappa shape index (κ1) is 11.9. The van der Waals surface area contributed by atoms with E-state index in [1.165, 1.54) is 0 Å². The fourth-order valence-corrected chi connectivity index (χ4v) is 0. The summed E-state index contributed by atoms with van der Waals surface area (Å²) in [6.45, 7) is 0. The molecule has 8 heavy (non-hydrogen) atoms. The molecule has 0 aliphatic rings. The second-order valence-electron chi connectivity index (χ2n) is 0.958. The number of rotatable bonds is 0. The minimum atomic E-state index is -11.1. The molecular weight excluding hydrogens is 212 g/mol. The Hall–Kier alpha value is 1.14. The van der Waals surface area contributed by atoms with Crippen LogP contribution in [0.5, 0.6) is 0 Å². The van der Waals surface area contributed by atoms with E-state index in [9.17, 15) is 20.8 Å². The van der Waals surface area contributed by atoms with E-state index in [4.69, 9.17) is 0 Å². The maximum Gasteiger partial charge on any atom is 1.00 e. The monoisotopic (exact) mass is 213 g/mol. The van der Waals surface area contributed by atoms with Gasteiger partial charge in [-0.3, -0.25) is 0 Å². The van der Waals surface area contributed by atoms with Gasteiger partial charge in [0.25, 0.3) is 0 Å². The molecule has 0 aromatic heterocycles. The van der Waals surface area contributed by atoms with Crippen molar-refractivity contribution >= 4 is 43.7 Å². The molecule has 0 unspecified atom stereocenters. The van der Waals surface area contributed by atoms with Gasteiger partial charge in [0, 0.05) is 29.6 Å². The Kier molecular flexibility index (Phi) is 2.36. The quantitative estimate of drug-likeness (QED) is 0.425. The van der Waals surface area contributed by atoms with Crippen LogP contribution in [0.1, 0.15) is 1.43 Å². The molecule has 0 spiro atoms. The van der Waals surface area contributed by atoms with Gasteiger partial charge >= 0.3 is 36.4 Å². The molecule has 8 heteroatoms. The van der Waals surface area contributed by atoms with E-state index < -0.39 is 14.2 Å². The van der Waals surface area contributed by atoms with Crippen molar-refractivity contribution < 1.29 is 22.2 Å². The van der Waals surface area contributed by atoms with Crippen LogP contribution in [0.25, 0.3) is 0 Å². The zero-order valence-corrected chi connectivity index (χ0v) is 7.59. The van der Waals surface area contributed by atoms with E-state index in [1.54, 1.807) is 0 Å². The van der Waals surface area contributed by atoms with E-state index in [1.807, 2.05) is 0 Å². The summed E-state index contributed by atoms with van der Waals surface area (Å²) in [7, 11) is 0. The predicted molar refractivity (Wildman–Crippen MR) is 19.3 cm³/mol. The zero-order chi connectivity index (χ0) is 6.41. The van der Waals surface area contributed by atoms with Crippen LogP contribution in [0.4, 0.5) is 20.8 Å². The summed E-state index contributed by atoms with van der Waals surface area (Å²) < 4.78 is 59.4. The van der Waals surface area contributed by atoms with E-state index >= 15 is 0 Å². The van der Waals surface area contributed by atoms with E-state index in [2.05, 4.69) is 0 Å². The summed E-state index contributed by atoms with van der Waals surface area (Å²) in [5.74, 6) is 0. The first-order chi connectivity index (χ1) is 2.45. The van der Waals surface area contributed by atoms with Gasteiger partial charge in [-0.1, -0.05) is 0 Å². The molecule has 0 fully saturated rings. The average Bonchev–Trinajstić information content (AvgIpc) is 0.592. The van der Waals surface area contributed by atoms with Gasteiger partial charge in [0.1, 0.15) is 0 Å². The summed E-state index contributed by atoms with van der Waals surface area (Å²) in [6.07, 6.45) is 0. The standard InChI is InChI=1S/AsF6.Na/c2-1(3,4,5,6)7;/q-1;/p+1. The number of hydrogen-bond acceptors (Lipinski definition) is 0. The van der Waals surface area contributed by atoms with Crippen molar-refractivity contribution in [3.63, 3.8) is 0 Å². The normalized spacial score (nSPS) is 20.2. The largest absolute Gasteiger partial charge is 1.00 e. The van der Waals surface area contributed by atoms with Gasteiger partial charge in [-0.25, -0.2) is 0 Å². The Balaban J connectivity index is -0.000000180. The Labute approximate surface area is 65.9 Å². The van der Waals surface area contributed by atoms with Gasteiger partial charge in [0.15, 0.2) is 0 Å². The molecule has 0 saturated heterocycles. The average molecular weight is 213 g/mol. The minimum absolute atomic E-state index is 0. The maximum absolute atomic E-state index is 11.1. The fraction of sp³-hybridized carbons (Fsp3) is 0. The van der Waals surface area contributed by atoms with Gasteiger partial charge in [-0.05, 0) is 0 Å². The molecule has 0 N–H and O–H groups in total. The third kappa shape index (κ3) is 208. The molecule has 0 atom stereocenters. The van der Waals surface area contributed by atoms with Crippen molar-refractivity contribution in [1.82, 2.24) is 0 Å². The molecule has 0 heterocycles. The Bertz CT molecular complexity index is 71.6. The zero-order valence-electron chi connectivity index (χ0n) is 4.72. The van der Waals surface area contributed by atoms with Gasteiger partial charge in [0.2, 0.25) is 0 Å². The third-order valence-electron chi connectivity index (χ3n) is 0. The fourth-order valence-electron chi connectivity index (χ4n) is 0. The Morgan fingerprint density at radius 3 is 0.750 bits per heavy atom. The molecule has 0 bridgehead atoms. The van der Waals surface area contributed by atoms with E-state index in [0.29, 0.717) is 0 Å². The maximum atomic E-state index is 9.91. The smallest absolute Gasteiger partial charge is 0 e. The molecular formula is HAsF6Na. The molecule has 49 valence electrons. The Morgan fingerprint density at radius 2 is 0.750 bits per heavy atom. The minimum Gasteiger partial charge on any atom is 0 e. The van der Waals surface area contributed by atoms with E-state index in [0.717, 1.165) is 0 Å². The molecule has 0 nitrogen and oxygen atoms in total. The molecule has 0 aliphatic carbocycles. The molecule has 0 aromatic carbocycles. The second-order valence-corrected chi connectivity index (χ2v) is 4.98. The van der Waals surface area contributed by atoms with Gasteiger partial charge in [-0.15, -0.1) is 0 Å². The predicted octanol–water partition coefficient (Wildman–Crippen LogP) is 1.87. The van der Waals surface area contributed by atoms with Crippen LogP contribution >= 0.6 is 0 Å². The Morgan fingerprint density at radius 1 is 0.750 bits per heavy atom. The van der Waals surface area contributed by atoms with Gasteiger partial charge < -0.3 is 0 Å². The van der Waals surface area contributed by atoms with Crippen LogP contribution < -0.4 is 0 Å². The second kappa shape index (κ2) is 1.59. The van der Waals surface area contributed by atoms with Crippen LogP contribution in [-0.2, 0) is 0 Å². The third-order valence-corrected chi connectivity index (χ3v) is 0. The molecule has 0 aromatic rings. The first-order valence-corrected chi connectivity index (χ1v) is 5.27. The van der Waals surface area contributed by atoms with Gasteiger partial charge in [0.05, 0.1) is 0 Å². The SMILES string of the molecule is F[As-](F)(F)(F)(F)F.[H+].[Na]. The number of halogens is 6. The summed E-state index contributed by atoms with van der Waals surface area (Å²) in [5.41, 5.74) is 0. The van der Waals surface area contributed by atoms with Gasteiger partial charge in [-0.2, -0.15) is 0 Å². The molecule has 0 amide bonds. The van der Waals surface area contributed by atoms with Crippen LogP contribution in [-0.4, -0.2) is 43.7 Å². The van der Waals surface area contributed by atoms with Crippen molar-refractivity contribution in [3.05, 3.63) is 0 Å². The van der Waals surface area contributed by atoms with Crippen molar-refractivity contribution in [1.29, 1.82) is 0 Å². The van der Waals surface area contributed by atoms with Crippen LogP contribution in [0.2, 0.25) is 0 Å². The molecule has 0 saturated carbocycles. The van der Waals surface area contributed by atoms with E-state index in [-0.39, 0.29) is 31.0 Å². The summed E-state index contributed by atoms with van der Waals surface area (Å²) in [6, 6.07) is 0.